The molecule has 0 saturated heterocycles. The molecule has 0 bridgehead atoms. The predicted molar refractivity (Wildman–Crippen MR) is 120 cm³/mol. The number of ether oxygens (including phenoxy) is 1. The van der Waals surface area contributed by atoms with Crippen LogP contribution in [0.2, 0.25) is 5.02 Å². The van der Waals surface area contributed by atoms with Crippen molar-refractivity contribution in [3.05, 3.63) is 69.9 Å². The van der Waals surface area contributed by atoms with Crippen LogP contribution in [0.1, 0.15) is 37.0 Å². The van der Waals surface area contributed by atoms with Crippen LogP contribution in [0.15, 0.2) is 48.2 Å². The minimum absolute atomic E-state index is 0.110. The van der Waals surface area contributed by atoms with Gasteiger partial charge in [0.2, 0.25) is 0 Å². The molecule has 2 amide bonds. The highest BCUT2D eigenvalue weighted by Crippen LogP contribution is 2.32. The summed E-state index contributed by atoms with van der Waals surface area (Å²) in [6.45, 7) is 8.57. The van der Waals surface area contributed by atoms with Gasteiger partial charge in [-0.1, -0.05) is 47.5 Å². The number of nitrogens with zero attached hydrogens (tertiary/aromatic N) is 1. The number of amides is 2. The summed E-state index contributed by atoms with van der Waals surface area (Å²) in [6.07, 6.45) is 0.694. The molecule has 5 nitrogen and oxygen atoms in total. The standard InChI is InChI=1S/C24H27ClN2O3/c1-15(2)30-14-6-13-27-23(28)21(18-11-9-16(3)10-12-18)22(24(27)29)26-20-8-5-7-19(25)17(20)4/h5,7-12,15,26H,6,13-14H2,1-4H3. The molecule has 1 N–H and O–H groups in total. The van der Waals surface area contributed by atoms with E-state index in [2.05, 4.69) is 5.32 Å². The summed E-state index contributed by atoms with van der Waals surface area (Å²) in [5, 5.41) is 3.78. The molecule has 1 heterocycles. The van der Waals surface area contributed by atoms with Crippen LogP contribution < -0.4 is 5.32 Å². The van der Waals surface area contributed by atoms with Crippen LogP contribution in [0, 0.1) is 13.8 Å². The number of anilines is 1. The molecule has 2 aromatic carbocycles. The second-order valence-electron chi connectivity index (χ2n) is 7.69. The Kier molecular flexibility index (Phi) is 6.95. The lowest BCUT2D eigenvalue weighted by Crippen LogP contribution is -2.34. The summed E-state index contributed by atoms with van der Waals surface area (Å²) in [4.78, 5) is 27.7. The van der Waals surface area contributed by atoms with E-state index in [1.165, 1.54) is 4.90 Å². The van der Waals surface area contributed by atoms with Gasteiger partial charge in [0.1, 0.15) is 5.70 Å². The molecule has 0 aliphatic carbocycles. The second kappa shape index (κ2) is 9.45. The van der Waals surface area contributed by atoms with E-state index in [4.69, 9.17) is 16.3 Å². The largest absolute Gasteiger partial charge is 0.379 e. The topological polar surface area (TPSA) is 58.6 Å². The molecule has 0 atom stereocenters. The van der Waals surface area contributed by atoms with Crippen molar-refractivity contribution < 1.29 is 14.3 Å². The normalized spacial score (nSPS) is 14.3. The molecular formula is C24H27ClN2O3. The van der Waals surface area contributed by atoms with Crippen molar-refractivity contribution >= 4 is 34.7 Å². The first-order valence-corrected chi connectivity index (χ1v) is 10.5. The fraction of sp³-hybridized carbons (Fsp3) is 0.333. The van der Waals surface area contributed by atoms with E-state index in [9.17, 15) is 9.59 Å². The molecule has 1 aliphatic rings. The molecule has 0 unspecified atom stereocenters. The van der Waals surface area contributed by atoms with E-state index in [1.54, 1.807) is 6.07 Å². The third-order valence-electron chi connectivity index (χ3n) is 5.01. The van der Waals surface area contributed by atoms with Crippen molar-refractivity contribution in [3.63, 3.8) is 0 Å². The molecule has 0 radical (unpaired) electrons. The Balaban J connectivity index is 1.94. The van der Waals surface area contributed by atoms with Gasteiger partial charge in [-0.05, 0) is 57.4 Å². The van der Waals surface area contributed by atoms with Crippen molar-refractivity contribution in [2.45, 2.75) is 40.2 Å². The zero-order chi connectivity index (χ0) is 21.8. The molecule has 30 heavy (non-hydrogen) atoms. The van der Waals surface area contributed by atoms with E-state index < -0.39 is 0 Å². The van der Waals surface area contributed by atoms with Crippen LogP contribution >= 0.6 is 11.6 Å². The minimum atomic E-state index is -0.334. The van der Waals surface area contributed by atoms with Gasteiger partial charge in [0.15, 0.2) is 0 Å². The number of imide groups is 1. The van der Waals surface area contributed by atoms with Crippen molar-refractivity contribution in [3.8, 4) is 0 Å². The maximum Gasteiger partial charge on any atom is 0.278 e. The SMILES string of the molecule is Cc1ccc(C2=C(Nc3cccc(Cl)c3C)C(=O)N(CCCOC(C)C)C2=O)cc1. The van der Waals surface area contributed by atoms with Gasteiger partial charge in [-0.25, -0.2) is 0 Å². The average Bonchev–Trinajstić information content (AvgIpc) is 2.93. The fourth-order valence-electron chi connectivity index (χ4n) is 3.30. The van der Waals surface area contributed by atoms with Crippen LogP contribution in [0.5, 0.6) is 0 Å². The molecule has 6 heteroatoms. The first-order valence-electron chi connectivity index (χ1n) is 10.1. The van der Waals surface area contributed by atoms with Crippen molar-refractivity contribution in [2.75, 3.05) is 18.5 Å². The summed E-state index contributed by atoms with van der Waals surface area (Å²) >= 11 is 6.24. The number of rotatable bonds is 8. The van der Waals surface area contributed by atoms with Crippen molar-refractivity contribution in [2.24, 2.45) is 0 Å². The lowest BCUT2D eigenvalue weighted by atomic mass is 10.0. The third kappa shape index (κ3) is 4.74. The molecule has 0 spiro atoms. The van der Waals surface area contributed by atoms with Gasteiger partial charge in [0.05, 0.1) is 11.7 Å². The van der Waals surface area contributed by atoms with Crippen LogP contribution in [0.3, 0.4) is 0 Å². The maximum absolute atomic E-state index is 13.2. The second-order valence-corrected chi connectivity index (χ2v) is 8.10. The number of hydrogen-bond acceptors (Lipinski definition) is 4. The Hall–Kier alpha value is -2.63. The Labute approximate surface area is 182 Å². The minimum Gasteiger partial charge on any atom is -0.379 e. The number of halogens is 1. The molecule has 2 aromatic rings. The van der Waals surface area contributed by atoms with Gasteiger partial charge in [0, 0.05) is 23.9 Å². The van der Waals surface area contributed by atoms with E-state index >= 15 is 0 Å². The van der Waals surface area contributed by atoms with Gasteiger partial charge in [0.25, 0.3) is 11.8 Å². The first kappa shape index (κ1) is 22.1. The molecule has 0 aromatic heterocycles. The summed E-state index contributed by atoms with van der Waals surface area (Å²) in [5.74, 6) is -0.630. The maximum atomic E-state index is 13.2. The van der Waals surface area contributed by atoms with Crippen molar-refractivity contribution in [1.82, 2.24) is 4.90 Å². The molecule has 158 valence electrons. The van der Waals surface area contributed by atoms with Crippen LogP contribution in [-0.4, -0.2) is 36.0 Å². The number of carbonyl (C=O) groups excluding carboxylic acids is 2. The lowest BCUT2D eigenvalue weighted by Gasteiger charge is -2.16. The van der Waals surface area contributed by atoms with Crippen LogP contribution in [0.25, 0.3) is 5.57 Å². The molecule has 1 aliphatic heterocycles. The highest BCUT2D eigenvalue weighted by atomic mass is 35.5. The number of aryl methyl sites for hydroxylation is 1. The molecule has 0 fully saturated rings. The number of hydrogen-bond donors (Lipinski definition) is 1. The van der Waals surface area contributed by atoms with Crippen LogP contribution in [-0.2, 0) is 14.3 Å². The zero-order valence-corrected chi connectivity index (χ0v) is 18.5. The number of benzene rings is 2. The van der Waals surface area contributed by atoms with E-state index in [0.717, 1.165) is 11.1 Å². The summed E-state index contributed by atoms with van der Waals surface area (Å²) in [7, 11) is 0. The number of carbonyl (C=O) groups is 2. The van der Waals surface area contributed by atoms with Crippen molar-refractivity contribution in [1.29, 1.82) is 0 Å². The lowest BCUT2D eigenvalue weighted by molar-refractivity contribution is -0.137. The van der Waals surface area contributed by atoms with E-state index in [0.29, 0.717) is 41.4 Å². The molecule has 0 saturated carbocycles. The zero-order valence-electron chi connectivity index (χ0n) is 17.8. The number of nitrogens with one attached hydrogen (secondary N) is 1. The van der Waals surface area contributed by atoms with E-state index in [1.807, 2.05) is 64.1 Å². The molecule has 3 rings (SSSR count). The summed E-state index contributed by atoms with van der Waals surface area (Å²) < 4.78 is 5.56. The summed E-state index contributed by atoms with van der Waals surface area (Å²) in [5.41, 5.74) is 3.97. The first-order chi connectivity index (χ1) is 14.3. The Morgan fingerprint density at radius 3 is 2.40 bits per heavy atom. The molecular weight excluding hydrogens is 400 g/mol. The summed E-state index contributed by atoms with van der Waals surface area (Å²) in [6, 6.07) is 13.0. The van der Waals surface area contributed by atoms with Gasteiger partial charge < -0.3 is 10.1 Å². The highest BCUT2D eigenvalue weighted by Gasteiger charge is 2.39. The van der Waals surface area contributed by atoms with Crippen LogP contribution in [0.4, 0.5) is 5.69 Å². The Bertz CT molecular complexity index is 980. The Morgan fingerprint density at radius 1 is 1.03 bits per heavy atom. The third-order valence-corrected chi connectivity index (χ3v) is 5.42. The van der Waals surface area contributed by atoms with Gasteiger partial charge >= 0.3 is 0 Å². The quantitative estimate of drug-likeness (QED) is 0.478. The Morgan fingerprint density at radius 2 is 1.73 bits per heavy atom. The van der Waals surface area contributed by atoms with E-state index in [-0.39, 0.29) is 23.6 Å². The fourth-order valence-corrected chi connectivity index (χ4v) is 3.48. The van der Waals surface area contributed by atoms with Gasteiger partial charge in [-0.3, -0.25) is 14.5 Å². The van der Waals surface area contributed by atoms with Gasteiger partial charge in [-0.2, -0.15) is 0 Å². The highest BCUT2D eigenvalue weighted by molar-refractivity contribution is 6.36. The monoisotopic (exact) mass is 426 g/mol. The average molecular weight is 427 g/mol. The predicted octanol–water partition coefficient (Wildman–Crippen LogP) is 4.96. The van der Waals surface area contributed by atoms with Gasteiger partial charge in [-0.15, -0.1) is 0 Å². The smallest absolute Gasteiger partial charge is 0.278 e.